The van der Waals surface area contributed by atoms with Gasteiger partial charge in [0.2, 0.25) is 0 Å². The lowest BCUT2D eigenvalue weighted by Crippen LogP contribution is -2.04. The summed E-state index contributed by atoms with van der Waals surface area (Å²) in [5, 5.41) is 0. The van der Waals surface area contributed by atoms with Gasteiger partial charge in [0.05, 0.1) is 0 Å². The zero-order chi connectivity index (χ0) is 11.7. The second-order valence-electron chi connectivity index (χ2n) is 3.34. The van der Waals surface area contributed by atoms with Crippen LogP contribution < -0.4 is 0 Å². The number of para-hydroxylation sites is 1. The second kappa shape index (κ2) is 4.17. The minimum atomic E-state index is -0.620. The van der Waals surface area contributed by atoms with Gasteiger partial charge in [0.25, 0.3) is 0 Å². The third-order valence-electron chi connectivity index (χ3n) is 2.38. The lowest BCUT2D eigenvalue weighted by Gasteiger charge is -2.08. The van der Waals surface area contributed by atoms with Crippen molar-refractivity contribution >= 4 is 12.2 Å². The van der Waals surface area contributed by atoms with Crippen LogP contribution in [-0.2, 0) is 6.42 Å². The molecule has 0 atom stereocenters. The van der Waals surface area contributed by atoms with Gasteiger partial charge in [0.1, 0.15) is 17.3 Å². The van der Waals surface area contributed by atoms with E-state index in [0.717, 1.165) is 5.69 Å². The summed E-state index contributed by atoms with van der Waals surface area (Å²) >= 11 is 5.01. The molecule has 16 heavy (non-hydrogen) atoms. The summed E-state index contributed by atoms with van der Waals surface area (Å²) in [6, 6.07) is 3.76. The Balaban J connectivity index is 2.76. The van der Waals surface area contributed by atoms with E-state index in [0.29, 0.717) is 11.2 Å². The summed E-state index contributed by atoms with van der Waals surface area (Å²) in [4.78, 5) is 2.79. The van der Waals surface area contributed by atoms with Crippen molar-refractivity contribution in [3.05, 3.63) is 46.5 Å². The standard InChI is InChI=1S/C11H10F2N2S/c1-2-7-6-14-11(16)15(7)10-8(12)4-3-5-9(10)13/h3-6H,2H2,1H3,(H,14,16). The van der Waals surface area contributed by atoms with E-state index in [2.05, 4.69) is 4.98 Å². The molecule has 0 saturated heterocycles. The van der Waals surface area contributed by atoms with E-state index in [9.17, 15) is 8.78 Å². The molecule has 0 fully saturated rings. The predicted molar refractivity (Wildman–Crippen MR) is 60.2 cm³/mol. The van der Waals surface area contributed by atoms with Crippen LogP contribution in [0, 0.1) is 16.4 Å². The number of nitrogens with one attached hydrogen (secondary N) is 1. The number of aromatic nitrogens is 2. The topological polar surface area (TPSA) is 20.7 Å². The van der Waals surface area contributed by atoms with Crippen molar-refractivity contribution in [2.45, 2.75) is 13.3 Å². The fraction of sp³-hybridized carbons (Fsp3) is 0.182. The lowest BCUT2D eigenvalue weighted by molar-refractivity contribution is 0.565. The van der Waals surface area contributed by atoms with E-state index in [-0.39, 0.29) is 5.69 Å². The number of halogens is 2. The van der Waals surface area contributed by atoms with Crippen molar-refractivity contribution in [2.24, 2.45) is 0 Å². The van der Waals surface area contributed by atoms with Gasteiger partial charge in [-0.3, -0.25) is 4.57 Å². The van der Waals surface area contributed by atoms with Gasteiger partial charge < -0.3 is 4.98 Å². The van der Waals surface area contributed by atoms with E-state index >= 15 is 0 Å². The Morgan fingerprint density at radius 1 is 1.31 bits per heavy atom. The van der Waals surface area contributed by atoms with Crippen molar-refractivity contribution in [3.8, 4) is 5.69 Å². The van der Waals surface area contributed by atoms with Gasteiger partial charge in [-0.1, -0.05) is 13.0 Å². The Morgan fingerprint density at radius 2 is 1.94 bits per heavy atom. The lowest BCUT2D eigenvalue weighted by atomic mass is 10.2. The summed E-state index contributed by atoms with van der Waals surface area (Å²) in [7, 11) is 0. The van der Waals surface area contributed by atoms with Crippen LogP contribution in [0.2, 0.25) is 0 Å². The molecule has 0 unspecified atom stereocenters. The number of hydrogen-bond acceptors (Lipinski definition) is 1. The average Bonchev–Trinajstić information content (AvgIpc) is 2.60. The van der Waals surface area contributed by atoms with Crippen LogP contribution in [0.5, 0.6) is 0 Å². The number of imidazole rings is 1. The normalized spacial score (nSPS) is 10.7. The second-order valence-corrected chi connectivity index (χ2v) is 3.73. The first-order valence-corrected chi connectivity index (χ1v) is 5.29. The molecule has 1 aromatic heterocycles. The van der Waals surface area contributed by atoms with Crippen molar-refractivity contribution in [1.82, 2.24) is 9.55 Å². The highest BCUT2D eigenvalue weighted by Gasteiger charge is 2.14. The van der Waals surface area contributed by atoms with Crippen LogP contribution in [0.25, 0.3) is 5.69 Å². The zero-order valence-corrected chi connectivity index (χ0v) is 9.44. The molecule has 1 aromatic carbocycles. The summed E-state index contributed by atoms with van der Waals surface area (Å²) in [5.74, 6) is -1.24. The minimum Gasteiger partial charge on any atom is -0.337 e. The zero-order valence-electron chi connectivity index (χ0n) is 8.63. The van der Waals surface area contributed by atoms with Gasteiger partial charge in [-0.15, -0.1) is 0 Å². The number of benzene rings is 1. The van der Waals surface area contributed by atoms with Gasteiger partial charge in [0.15, 0.2) is 4.77 Å². The summed E-state index contributed by atoms with van der Waals surface area (Å²) < 4.78 is 28.9. The Hall–Kier alpha value is -1.49. The molecule has 2 nitrogen and oxygen atoms in total. The quantitative estimate of drug-likeness (QED) is 0.798. The van der Waals surface area contributed by atoms with Crippen LogP contribution in [0.1, 0.15) is 12.6 Å². The SMILES string of the molecule is CCc1c[nH]c(=S)n1-c1c(F)cccc1F. The molecule has 0 spiro atoms. The number of H-pyrrole nitrogens is 1. The Morgan fingerprint density at radius 3 is 2.50 bits per heavy atom. The number of rotatable bonds is 2. The Labute approximate surface area is 96.5 Å². The van der Waals surface area contributed by atoms with E-state index in [4.69, 9.17) is 12.2 Å². The molecule has 0 saturated carbocycles. The molecular weight excluding hydrogens is 230 g/mol. The number of aromatic amines is 1. The van der Waals surface area contributed by atoms with Crippen LogP contribution in [-0.4, -0.2) is 9.55 Å². The van der Waals surface area contributed by atoms with Crippen molar-refractivity contribution in [3.63, 3.8) is 0 Å². The largest absolute Gasteiger partial charge is 0.337 e. The van der Waals surface area contributed by atoms with E-state index < -0.39 is 11.6 Å². The van der Waals surface area contributed by atoms with E-state index in [1.54, 1.807) is 6.20 Å². The molecule has 0 radical (unpaired) electrons. The highest BCUT2D eigenvalue weighted by Crippen LogP contribution is 2.20. The molecule has 0 aliphatic heterocycles. The predicted octanol–water partition coefficient (Wildman–Crippen LogP) is 3.38. The summed E-state index contributed by atoms with van der Waals surface area (Å²) in [6.07, 6.45) is 2.30. The first-order valence-electron chi connectivity index (χ1n) is 4.88. The fourth-order valence-electron chi connectivity index (χ4n) is 1.61. The van der Waals surface area contributed by atoms with Crippen LogP contribution in [0.15, 0.2) is 24.4 Å². The van der Waals surface area contributed by atoms with Gasteiger partial charge in [-0.25, -0.2) is 8.78 Å². The molecule has 1 heterocycles. The molecular formula is C11H10F2N2S. The van der Waals surface area contributed by atoms with Crippen molar-refractivity contribution in [1.29, 1.82) is 0 Å². The Bertz CT molecular complexity index is 551. The number of hydrogen-bond donors (Lipinski definition) is 1. The van der Waals surface area contributed by atoms with Crippen LogP contribution in [0.4, 0.5) is 8.78 Å². The molecule has 0 aliphatic rings. The average molecular weight is 240 g/mol. The maximum absolute atomic E-state index is 13.6. The first kappa shape index (κ1) is 11.0. The maximum Gasteiger partial charge on any atom is 0.182 e. The molecule has 84 valence electrons. The fourth-order valence-corrected chi connectivity index (χ4v) is 1.88. The number of nitrogens with zero attached hydrogens (tertiary/aromatic N) is 1. The Kier molecular flexibility index (Phi) is 2.87. The minimum absolute atomic E-state index is 0.120. The highest BCUT2D eigenvalue weighted by atomic mass is 32.1. The first-order chi connectivity index (χ1) is 7.65. The van der Waals surface area contributed by atoms with E-state index in [1.807, 2.05) is 6.92 Å². The van der Waals surface area contributed by atoms with Crippen molar-refractivity contribution < 1.29 is 8.78 Å². The van der Waals surface area contributed by atoms with Gasteiger partial charge in [-0.05, 0) is 30.8 Å². The smallest absolute Gasteiger partial charge is 0.182 e. The van der Waals surface area contributed by atoms with E-state index in [1.165, 1.54) is 22.8 Å². The third kappa shape index (κ3) is 1.67. The molecule has 1 N–H and O–H groups in total. The summed E-state index contributed by atoms with van der Waals surface area (Å²) in [6.45, 7) is 1.90. The molecule has 5 heteroatoms. The van der Waals surface area contributed by atoms with Crippen LogP contribution >= 0.6 is 12.2 Å². The third-order valence-corrected chi connectivity index (χ3v) is 2.68. The maximum atomic E-state index is 13.6. The summed E-state index contributed by atoms with van der Waals surface area (Å²) in [5.41, 5.74) is 0.625. The number of aryl methyl sites for hydroxylation is 1. The van der Waals surface area contributed by atoms with Gasteiger partial charge in [0, 0.05) is 11.9 Å². The molecule has 0 bridgehead atoms. The monoisotopic (exact) mass is 240 g/mol. The van der Waals surface area contributed by atoms with Gasteiger partial charge >= 0.3 is 0 Å². The molecule has 2 aromatic rings. The van der Waals surface area contributed by atoms with Crippen molar-refractivity contribution in [2.75, 3.05) is 0 Å². The molecule has 2 rings (SSSR count). The molecule has 0 aliphatic carbocycles. The highest BCUT2D eigenvalue weighted by molar-refractivity contribution is 7.71. The molecule has 0 amide bonds. The van der Waals surface area contributed by atoms with Crippen LogP contribution in [0.3, 0.4) is 0 Å². The van der Waals surface area contributed by atoms with Gasteiger partial charge in [-0.2, -0.15) is 0 Å².